The highest BCUT2D eigenvalue weighted by molar-refractivity contribution is 6.12. The van der Waals surface area contributed by atoms with Gasteiger partial charge in [-0.3, -0.25) is 0 Å². The molecule has 1 heterocycles. The average molecular weight is 390 g/mol. The number of alkyl halides is 3. The molecule has 0 aromatic heterocycles. The Balaban J connectivity index is 1.70. The van der Waals surface area contributed by atoms with Crippen LogP contribution in [0.25, 0.3) is 33.1 Å². The number of para-hydroxylation sites is 1. The lowest BCUT2D eigenvalue weighted by Crippen LogP contribution is -2.03. The van der Waals surface area contributed by atoms with Gasteiger partial charge in [0.05, 0.1) is 11.3 Å². The largest absolute Gasteiger partial charge is 0.454 e. The van der Waals surface area contributed by atoms with Gasteiger partial charge in [-0.25, -0.2) is 0 Å². The van der Waals surface area contributed by atoms with Gasteiger partial charge in [-0.1, -0.05) is 48.5 Å². The molecule has 5 rings (SSSR count). The number of hydrogen-bond donors (Lipinski definition) is 0. The Bertz CT molecular complexity index is 1350. The molecule has 29 heavy (non-hydrogen) atoms. The molecule has 0 saturated heterocycles. The van der Waals surface area contributed by atoms with Gasteiger partial charge in [0, 0.05) is 16.3 Å². The second-order valence-corrected chi connectivity index (χ2v) is 6.67. The lowest BCUT2D eigenvalue weighted by Gasteiger charge is -2.06. The van der Waals surface area contributed by atoms with E-state index < -0.39 is 11.7 Å². The van der Waals surface area contributed by atoms with Crippen molar-refractivity contribution in [2.45, 2.75) is 6.18 Å². The summed E-state index contributed by atoms with van der Waals surface area (Å²) in [4.78, 5) is 0. The Morgan fingerprint density at radius 3 is 2.31 bits per heavy atom. The molecular formula is C23H13F3N2O. The third-order valence-corrected chi connectivity index (χ3v) is 4.80. The van der Waals surface area contributed by atoms with E-state index in [9.17, 15) is 13.2 Å². The average Bonchev–Trinajstić information content (AvgIpc) is 3.03. The van der Waals surface area contributed by atoms with E-state index in [0.29, 0.717) is 17.0 Å². The summed E-state index contributed by atoms with van der Waals surface area (Å²) in [7, 11) is 0. The zero-order valence-corrected chi connectivity index (χ0v) is 14.9. The second-order valence-electron chi connectivity index (χ2n) is 6.67. The second kappa shape index (κ2) is 6.44. The summed E-state index contributed by atoms with van der Waals surface area (Å²) in [5, 5.41) is 11.1. The van der Waals surface area contributed by atoms with Crippen LogP contribution in [0.15, 0.2) is 93.5 Å². The predicted octanol–water partition coefficient (Wildman–Crippen LogP) is 8.13. The van der Waals surface area contributed by atoms with Crippen molar-refractivity contribution < 1.29 is 17.6 Å². The molecular weight excluding hydrogens is 377 g/mol. The number of benzene rings is 3. The summed E-state index contributed by atoms with van der Waals surface area (Å²) in [6.45, 7) is 0. The van der Waals surface area contributed by atoms with Crippen LogP contribution in [0.3, 0.4) is 0 Å². The Kier molecular flexibility index (Phi) is 3.87. The SMILES string of the molecule is FC(F)(F)c1cccc(N=Nc2c3oc4ccccc4cc-3c3ccccc23)c1. The lowest BCUT2D eigenvalue weighted by atomic mass is 10.1. The number of rotatable bonds is 2. The van der Waals surface area contributed by atoms with Gasteiger partial charge in [0.15, 0.2) is 5.76 Å². The molecule has 142 valence electrons. The third kappa shape index (κ3) is 3.02. The van der Waals surface area contributed by atoms with Crippen LogP contribution >= 0.6 is 0 Å². The Hall–Kier alpha value is -3.67. The van der Waals surface area contributed by atoms with Crippen molar-refractivity contribution in [2.24, 2.45) is 10.2 Å². The minimum Gasteiger partial charge on any atom is -0.454 e. The minimum absolute atomic E-state index is 0.124. The van der Waals surface area contributed by atoms with Gasteiger partial charge in [0.2, 0.25) is 0 Å². The van der Waals surface area contributed by atoms with Crippen LogP contribution in [-0.4, -0.2) is 0 Å². The smallest absolute Gasteiger partial charge is 0.416 e. The van der Waals surface area contributed by atoms with Gasteiger partial charge in [-0.15, -0.1) is 5.11 Å². The fourth-order valence-corrected chi connectivity index (χ4v) is 3.45. The minimum atomic E-state index is -4.43. The van der Waals surface area contributed by atoms with Crippen molar-refractivity contribution in [3.63, 3.8) is 0 Å². The third-order valence-electron chi connectivity index (χ3n) is 4.80. The highest BCUT2D eigenvalue weighted by Gasteiger charge is 2.30. The topological polar surface area (TPSA) is 37.9 Å². The summed E-state index contributed by atoms with van der Waals surface area (Å²) >= 11 is 0. The monoisotopic (exact) mass is 390 g/mol. The van der Waals surface area contributed by atoms with E-state index in [1.807, 2.05) is 54.6 Å². The number of halogens is 3. The van der Waals surface area contributed by atoms with Gasteiger partial charge < -0.3 is 4.42 Å². The first-order valence-electron chi connectivity index (χ1n) is 8.93. The van der Waals surface area contributed by atoms with Crippen LogP contribution in [0.2, 0.25) is 0 Å². The molecule has 0 saturated carbocycles. The Labute approximate surface area is 163 Å². The van der Waals surface area contributed by atoms with Crippen molar-refractivity contribution in [3.8, 4) is 11.3 Å². The first kappa shape index (κ1) is 17.4. The van der Waals surface area contributed by atoms with E-state index in [0.717, 1.165) is 33.9 Å². The molecule has 2 aliphatic rings. The van der Waals surface area contributed by atoms with Crippen molar-refractivity contribution >= 4 is 33.1 Å². The predicted molar refractivity (Wildman–Crippen MR) is 106 cm³/mol. The summed E-state index contributed by atoms with van der Waals surface area (Å²) in [6, 6.07) is 22.1. The molecule has 0 spiro atoms. The quantitative estimate of drug-likeness (QED) is 0.280. The summed E-state index contributed by atoms with van der Waals surface area (Å²) in [5.41, 5.74) is 1.45. The van der Waals surface area contributed by atoms with Gasteiger partial charge in [0.1, 0.15) is 11.3 Å². The molecule has 0 atom stereocenters. The Morgan fingerprint density at radius 2 is 1.48 bits per heavy atom. The van der Waals surface area contributed by atoms with Crippen LogP contribution in [0.1, 0.15) is 5.56 Å². The molecule has 0 radical (unpaired) electrons. The number of nitrogens with zero attached hydrogens (tertiary/aromatic N) is 2. The van der Waals surface area contributed by atoms with E-state index in [1.54, 1.807) is 0 Å². The molecule has 0 bridgehead atoms. The number of hydrogen-bond acceptors (Lipinski definition) is 3. The molecule has 0 amide bonds. The zero-order chi connectivity index (χ0) is 20.0. The summed E-state index contributed by atoms with van der Waals surface area (Å²) < 4.78 is 45.0. The summed E-state index contributed by atoms with van der Waals surface area (Å²) in [5.74, 6) is 0.556. The van der Waals surface area contributed by atoms with Gasteiger partial charge in [0.25, 0.3) is 0 Å². The molecule has 0 unspecified atom stereocenters. The Morgan fingerprint density at radius 1 is 0.724 bits per heavy atom. The van der Waals surface area contributed by atoms with Crippen LogP contribution in [0.5, 0.6) is 0 Å². The van der Waals surface area contributed by atoms with Crippen LogP contribution in [-0.2, 0) is 6.18 Å². The van der Waals surface area contributed by atoms with E-state index in [-0.39, 0.29) is 5.69 Å². The highest BCUT2D eigenvalue weighted by Crippen LogP contribution is 2.46. The van der Waals surface area contributed by atoms with Crippen molar-refractivity contribution in [1.82, 2.24) is 0 Å². The summed E-state index contributed by atoms with van der Waals surface area (Å²) in [6.07, 6.45) is -4.43. The van der Waals surface area contributed by atoms with Crippen LogP contribution < -0.4 is 0 Å². The maximum absolute atomic E-state index is 13.0. The fourth-order valence-electron chi connectivity index (χ4n) is 3.45. The van der Waals surface area contributed by atoms with Crippen LogP contribution in [0.4, 0.5) is 24.5 Å². The number of azo groups is 1. The molecule has 6 heteroatoms. The van der Waals surface area contributed by atoms with Crippen molar-refractivity contribution in [3.05, 3.63) is 84.4 Å². The highest BCUT2D eigenvalue weighted by atomic mass is 19.4. The van der Waals surface area contributed by atoms with E-state index >= 15 is 0 Å². The molecule has 1 aliphatic heterocycles. The van der Waals surface area contributed by atoms with E-state index in [1.165, 1.54) is 12.1 Å². The first-order chi connectivity index (χ1) is 14.0. The molecule has 1 aliphatic carbocycles. The van der Waals surface area contributed by atoms with Gasteiger partial charge in [-0.2, -0.15) is 18.3 Å². The van der Waals surface area contributed by atoms with E-state index in [4.69, 9.17) is 4.42 Å². The first-order valence-corrected chi connectivity index (χ1v) is 8.93. The molecule has 3 aromatic rings. The van der Waals surface area contributed by atoms with Crippen molar-refractivity contribution in [1.29, 1.82) is 0 Å². The molecule has 0 fully saturated rings. The molecule has 0 N–H and O–H groups in total. The fraction of sp³-hybridized carbons (Fsp3) is 0.0435. The molecule has 3 nitrogen and oxygen atoms in total. The number of fused-ring (bicyclic) bond motifs is 4. The van der Waals surface area contributed by atoms with Crippen LogP contribution in [0, 0.1) is 0 Å². The van der Waals surface area contributed by atoms with Crippen molar-refractivity contribution in [2.75, 3.05) is 0 Å². The normalized spacial score (nSPS) is 12.5. The van der Waals surface area contributed by atoms with Gasteiger partial charge in [-0.05, 0) is 35.7 Å². The zero-order valence-electron chi connectivity index (χ0n) is 14.9. The van der Waals surface area contributed by atoms with E-state index in [2.05, 4.69) is 10.2 Å². The van der Waals surface area contributed by atoms with Gasteiger partial charge >= 0.3 is 6.18 Å². The standard InChI is InChI=1S/C23H13F3N2O/c24-23(25,26)15-7-5-8-16(13-15)27-28-21-18-10-3-2-9-17(18)19-12-14-6-1-4-11-20(14)29-22(19)21/h1-13H. The lowest BCUT2D eigenvalue weighted by molar-refractivity contribution is -0.137. The molecule has 3 aromatic carbocycles. The maximum Gasteiger partial charge on any atom is 0.416 e. The maximum atomic E-state index is 13.0.